The zero-order valence-electron chi connectivity index (χ0n) is 12.4. The number of nitrogens with zero attached hydrogens (tertiary/aromatic N) is 1. The Hall–Kier alpha value is -1.82. The Bertz CT molecular complexity index is 493. The summed E-state index contributed by atoms with van der Waals surface area (Å²) in [4.78, 5) is 11.0. The monoisotopic (exact) mass is 293 g/mol. The van der Waals surface area contributed by atoms with E-state index in [0.29, 0.717) is 30.5 Å². The number of para-hydroxylation sites is 1. The third-order valence-corrected chi connectivity index (χ3v) is 4.03. The summed E-state index contributed by atoms with van der Waals surface area (Å²) >= 11 is 0. The Labute approximate surface area is 124 Å². The molecule has 2 rings (SSSR count). The van der Waals surface area contributed by atoms with Gasteiger partial charge in [0.15, 0.2) is 5.75 Å². The number of hydrogen-bond acceptors (Lipinski definition) is 5. The van der Waals surface area contributed by atoms with Crippen molar-refractivity contribution >= 4 is 11.4 Å². The van der Waals surface area contributed by atoms with E-state index < -0.39 is 0 Å². The molecule has 1 aromatic carbocycles. The van der Waals surface area contributed by atoms with E-state index in [1.54, 1.807) is 18.2 Å². The molecule has 0 amide bonds. The van der Waals surface area contributed by atoms with Gasteiger partial charge in [-0.3, -0.25) is 10.1 Å². The van der Waals surface area contributed by atoms with Crippen LogP contribution in [0.2, 0.25) is 0 Å². The molecule has 3 N–H and O–H groups in total. The number of benzene rings is 1. The SMILES string of the molecule is CCOc1cccc(NC2CCCCC2CN)c1[N+](=O)[O-]. The van der Waals surface area contributed by atoms with E-state index in [9.17, 15) is 10.1 Å². The largest absolute Gasteiger partial charge is 0.487 e. The number of nitro groups is 1. The molecule has 2 unspecified atom stereocenters. The molecule has 0 aliphatic heterocycles. The van der Waals surface area contributed by atoms with E-state index in [-0.39, 0.29) is 16.7 Å². The molecular formula is C15H23N3O3. The lowest BCUT2D eigenvalue weighted by Gasteiger charge is -2.32. The molecule has 6 nitrogen and oxygen atoms in total. The Kier molecular flexibility index (Phi) is 5.38. The summed E-state index contributed by atoms with van der Waals surface area (Å²) in [6.45, 7) is 2.82. The van der Waals surface area contributed by atoms with Crippen molar-refractivity contribution in [3.05, 3.63) is 28.3 Å². The molecule has 0 bridgehead atoms. The van der Waals surface area contributed by atoms with Crippen molar-refractivity contribution in [1.29, 1.82) is 0 Å². The van der Waals surface area contributed by atoms with Crippen LogP contribution in [0.25, 0.3) is 0 Å². The van der Waals surface area contributed by atoms with Gasteiger partial charge in [0.1, 0.15) is 5.69 Å². The van der Waals surface area contributed by atoms with Crippen molar-refractivity contribution in [3.8, 4) is 5.75 Å². The van der Waals surface area contributed by atoms with E-state index >= 15 is 0 Å². The summed E-state index contributed by atoms with van der Waals surface area (Å²) in [6, 6.07) is 5.34. The average molecular weight is 293 g/mol. The molecule has 21 heavy (non-hydrogen) atoms. The van der Waals surface area contributed by atoms with Crippen molar-refractivity contribution in [1.82, 2.24) is 0 Å². The van der Waals surface area contributed by atoms with Gasteiger partial charge in [-0.15, -0.1) is 0 Å². The quantitative estimate of drug-likeness (QED) is 0.621. The molecule has 0 radical (unpaired) electrons. The third kappa shape index (κ3) is 3.64. The maximum atomic E-state index is 11.4. The summed E-state index contributed by atoms with van der Waals surface area (Å²) in [5, 5.41) is 14.7. The molecule has 0 spiro atoms. The van der Waals surface area contributed by atoms with Gasteiger partial charge in [-0.1, -0.05) is 18.9 Å². The fourth-order valence-corrected chi connectivity index (χ4v) is 2.98. The van der Waals surface area contributed by atoms with Gasteiger partial charge in [-0.25, -0.2) is 0 Å². The van der Waals surface area contributed by atoms with Gasteiger partial charge in [0, 0.05) is 6.04 Å². The number of rotatable bonds is 6. The lowest BCUT2D eigenvalue weighted by atomic mass is 9.84. The number of anilines is 1. The maximum absolute atomic E-state index is 11.4. The van der Waals surface area contributed by atoms with Gasteiger partial charge in [-0.05, 0) is 44.4 Å². The molecule has 0 heterocycles. The Morgan fingerprint density at radius 2 is 2.19 bits per heavy atom. The van der Waals surface area contributed by atoms with Crippen LogP contribution < -0.4 is 15.8 Å². The predicted octanol–water partition coefficient (Wildman–Crippen LogP) is 2.92. The van der Waals surface area contributed by atoms with Crippen molar-refractivity contribution < 1.29 is 9.66 Å². The lowest BCUT2D eigenvalue weighted by molar-refractivity contribution is -0.385. The van der Waals surface area contributed by atoms with Crippen molar-refractivity contribution in [2.24, 2.45) is 11.7 Å². The van der Waals surface area contributed by atoms with Gasteiger partial charge in [-0.2, -0.15) is 0 Å². The molecule has 1 saturated carbocycles. The van der Waals surface area contributed by atoms with Crippen molar-refractivity contribution in [3.63, 3.8) is 0 Å². The normalized spacial score (nSPS) is 21.8. The average Bonchev–Trinajstić information content (AvgIpc) is 2.48. The van der Waals surface area contributed by atoms with Crippen LogP contribution in [0.4, 0.5) is 11.4 Å². The second kappa shape index (κ2) is 7.26. The minimum atomic E-state index is -0.381. The Balaban J connectivity index is 2.26. The van der Waals surface area contributed by atoms with E-state index in [1.165, 1.54) is 6.42 Å². The molecule has 116 valence electrons. The van der Waals surface area contributed by atoms with E-state index in [2.05, 4.69) is 5.32 Å². The lowest BCUT2D eigenvalue weighted by Crippen LogP contribution is -2.36. The van der Waals surface area contributed by atoms with Crippen LogP contribution in [0.5, 0.6) is 5.75 Å². The first-order valence-corrected chi connectivity index (χ1v) is 7.54. The number of nitrogens with one attached hydrogen (secondary N) is 1. The molecule has 1 fully saturated rings. The van der Waals surface area contributed by atoms with Crippen LogP contribution in [0, 0.1) is 16.0 Å². The molecule has 1 aromatic rings. The van der Waals surface area contributed by atoms with Crippen LogP contribution in [0.1, 0.15) is 32.6 Å². The zero-order valence-corrected chi connectivity index (χ0v) is 12.4. The predicted molar refractivity (Wildman–Crippen MR) is 82.7 cm³/mol. The Morgan fingerprint density at radius 3 is 2.86 bits per heavy atom. The van der Waals surface area contributed by atoms with Gasteiger partial charge >= 0.3 is 5.69 Å². The summed E-state index contributed by atoms with van der Waals surface area (Å²) < 4.78 is 5.37. The molecule has 6 heteroatoms. The van der Waals surface area contributed by atoms with Crippen LogP contribution in [-0.2, 0) is 0 Å². The van der Waals surface area contributed by atoms with Crippen molar-refractivity contribution in [2.45, 2.75) is 38.6 Å². The molecule has 1 aliphatic rings. The van der Waals surface area contributed by atoms with Gasteiger partial charge in [0.05, 0.1) is 11.5 Å². The summed E-state index contributed by atoms with van der Waals surface area (Å²) in [5.41, 5.74) is 6.36. The number of nitro benzene ring substituents is 1. The highest BCUT2D eigenvalue weighted by Crippen LogP contribution is 2.37. The first kappa shape index (κ1) is 15.6. The fraction of sp³-hybridized carbons (Fsp3) is 0.600. The standard InChI is InChI=1S/C15H23N3O3/c1-2-21-14-9-5-8-13(15(14)18(19)20)17-12-7-4-3-6-11(12)10-16/h5,8-9,11-12,17H,2-4,6-7,10,16H2,1H3. The highest BCUT2D eigenvalue weighted by Gasteiger charge is 2.28. The molecule has 1 aliphatic carbocycles. The second-order valence-electron chi connectivity index (χ2n) is 5.37. The number of hydrogen-bond donors (Lipinski definition) is 2. The van der Waals surface area contributed by atoms with Crippen LogP contribution >= 0.6 is 0 Å². The maximum Gasteiger partial charge on any atom is 0.333 e. The highest BCUT2D eigenvalue weighted by atomic mass is 16.6. The minimum Gasteiger partial charge on any atom is -0.487 e. The zero-order chi connectivity index (χ0) is 15.2. The summed E-state index contributed by atoms with van der Waals surface area (Å²) in [6.07, 6.45) is 4.39. The second-order valence-corrected chi connectivity index (χ2v) is 5.37. The molecule has 2 atom stereocenters. The van der Waals surface area contributed by atoms with Crippen LogP contribution in [-0.4, -0.2) is 24.1 Å². The fourth-order valence-electron chi connectivity index (χ4n) is 2.98. The summed E-state index contributed by atoms with van der Waals surface area (Å²) in [5.74, 6) is 0.682. The topological polar surface area (TPSA) is 90.4 Å². The number of nitrogens with two attached hydrogens (primary N) is 1. The smallest absolute Gasteiger partial charge is 0.333 e. The van der Waals surface area contributed by atoms with Crippen LogP contribution in [0.3, 0.4) is 0 Å². The molecule has 0 saturated heterocycles. The molecule has 0 aromatic heterocycles. The highest BCUT2D eigenvalue weighted by molar-refractivity contribution is 5.68. The Morgan fingerprint density at radius 1 is 1.43 bits per heavy atom. The van der Waals surface area contributed by atoms with Crippen LogP contribution in [0.15, 0.2) is 18.2 Å². The van der Waals surface area contributed by atoms with Gasteiger partial charge in [0.25, 0.3) is 0 Å². The van der Waals surface area contributed by atoms with E-state index in [1.807, 2.05) is 6.92 Å². The molecular weight excluding hydrogens is 270 g/mol. The van der Waals surface area contributed by atoms with Gasteiger partial charge in [0.2, 0.25) is 0 Å². The van der Waals surface area contributed by atoms with E-state index in [4.69, 9.17) is 10.5 Å². The first-order chi connectivity index (χ1) is 10.2. The minimum absolute atomic E-state index is 0.0145. The van der Waals surface area contributed by atoms with Crippen molar-refractivity contribution in [2.75, 3.05) is 18.5 Å². The third-order valence-electron chi connectivity index (χ3n) is 4.03. The van der Waals surface area contributed by atoms with Gasteiger partial charge < -0.3 is 15.8 Å². The summed E-state index contributed by atoms with van der Waals surface area (Å²) in [7, 11) is 0. The first-order valence-electron chi connectivity index (χ1n) is 7.54. The number of ether oxygens (including phenoxy) is 1. The van der Waals surface area contributed by atoms with E-state index in [0.717, 1.165) is 19.3 Å².